The van der Waals surface area contributed by atoms with Crippen molar-refractivity contribution in [2.24, 2.45) is 0 Å². The Morgan fingerprint density at radius 1 is 1.25 bits per heavy atom. The van der Waals surface area contributed by atoms with Gasteiger partial charge in [-0.2, -0.15) is 0 Å². The largest absolute Gasteiger partial charge is 0.462 e. The molecule has 8 heteroatoms. The molecule has 1 N–H and O–H groups in total. The van der Waals surface area contributed by atoms with Crippen molar-refractivity contribution < 1.29 is 4.42 Å². The van der Waals surface area contributed by atoms with E-state index >= 15 is 0 Å². The van der Waals surface area contributed by atoms with Crippen LogP contribution in [0.2, 0.25) is 0 Å². The van der Waals surface area contributed by atoms with E-state index in [1.807, 2.05) is 12.1 Å². The number of nitrogens with one attached hydrogen (secondary N) is 1. The van der Waals surface area contributed by atoms with Crippen molar-refractivity contribution in [2.75, 3.05) is 26.2 Å². The molecule has 0 aliphatic carbocycles. The summed E-state index contributed by atoms with van der Waals surface area (Å²) in [4.78, 5) is 7.04. The highest BCUT2D eigenvalue weighted by atomic mass is 35.5. The first-order valence-electron chi connectivity index (χ1n) is 5.83. The Balaban J connectivity index is 0.00000120. The fourth-order valence-corrected chi connectivity index (χ4v) is 2.77. The molecule has 0 atom stereocenters. The van der Waals surface area contributed by atoms with Crippen LogP contribution in [0.3, 0.4) is 0 Å². The molecule has 0 saturated carbocycles. The van der Waals surface area contributed by atoms with E-state index in [1.165, 1.54) is 0 Å². The SMILES string of the molecule is Cl.Cl.Cl.c1coc(-c2nc(CN3CCNCC3)cs2)c1. The minimum Gasteiger partial charge on any atom is -0.462 e. The molecule has 3 rings (SSSR count). The van der Waals surface area contributed by atoms with Crippen molar-refractivity contribution in [3.63, 3.8) is 0 Å². The average molecular weight is 359 g/mol. The number of hydrogen-bond donors (Lipinski definition) is 1. The number of nitrogens with zero attached hydrogens (tertiary/aromatic N) is 2. The molecule has 4 nitrogen and oxygen atoms in total. The van der Waals surface area contributed by atoms with Crippen LogP contribution in [0.25, 0.3) is 10.8 Å². The monoisotopic (exact) mass is 357 g/mol. The van der Waals surface area contributed by atoms with Crippen molar-refractivity contribution in [3.8, 4) is 10.8 Å². The van der Waals surface area contributed by atoms with Crippen LogP contribution in [-0.4, -0.2) is 36.1 Å². The second-order valence-electron chi connectivity index (χ2n) is 4.15. The van der Waals surface area contributed by atoms with Crippen molar-refractivity contribution >= 4 is 48.6 Å². The Morgan fingerprint density at radius 2 is 2.00 bits per heavy atom. The number of aromatic nitrogens is 1. The predicted molar refractivity (Wildman–Crippen MR) is 89.7 cm³/mol. The molecule has 2 aromatic rings. The second-order valence-corrected chi connectivity index (χ2v) is 5.01. The van der Waals surface area contributed by atoms with Crippen molar-refractivity contribution in [1.82, 2.24) is 15.2 Å². The molecule has 2 aromatic heterocycles. The molecule has 1 aliphatic rings. The van der Waals surface area contributed by atoms with Crippen LogP contribution in [-0.2, 0) is 6.54 Å². The van der Waals surface area contributed by atoms with Gasteiger partial charge in [0.25, 0.3) is 0 Å². The fraction of sp³-hybridized carbons (Fsp3) is 0.417. The van der Waals surface area contributed by atoms with Gasteiger partial charge < -0.3 is 9.73 Å². The molecule has 3 heterocycles. The van der Waals surface area contributed by atoms with E-state index in [4.69, 9.17) is 4.42 Å². The third-order valence-corrected chi connectivity index (χ3v) is 3.78. The first kappa shape index (κ1) is 19.7. The second kappa shape index (κ2) is 9.60. The van der Waals surface area contributed by atoms with E-state index in [-0.39, 0.29) is 37.2 Å². The van der Waals surface area contributed by atoms with Gasteiger partial charge in [0.1, 0.15) is 0 Å². The van der Waals surface area contributed by atoms with Crippen LogP contribution in [0, 0.1) is 0 Å². The van der Waals surface area contributed by atoms with Crippen LogP contribution in [0.4, 0.5) is 0 Å². The summed E-state index contributed by atoms with van der Waals surface area (Å²) in [6.07, 6.45) is 1.69. The summed E-state index contributed by atoms with van der Waals surface area (Å²) in [5.74, 6) is 0.863. The van der Waals surface area contributed by atoms with Gasteiger partial charge >= 0.3 is 0 Å². The average Bonchev–Trinajstić information content (AvgIpc) is 3.00. The molecule has 0 radical (unpaired) electrons. The third-order valence-electron chi connectivity index (χ3n) is 2.88. The number of furan rings is 1. The zero-order valence-corrected chi connectivity index (χ0v) is 14.0. The smallest absolute Gasteiger partial charge is 0.162 e. The van der Waals surface area contributed by atoms with Crippen molar-refractivity contribution in [3.05, 3.63) is 29.5 Å². The Hall–Kier alpha value is -0.300. The molecule has 1 saturated heterocycles. The van der Waals surface area contributed by atoms with E-state index in [0.717, 1.165) is 49.2 Å². The first-order chi connectivity index (χ1) is 8.42. The summed E-state index contributed by atoms with van der Waals surface area (Å²) in [6.45, 7) is 5.31. The lowest BCUT2D eigenvalue weighted by molar-refractivity contribution is 0.231. The van der Waals surface area contributed by atoms with Crippen molar-refractivity contribution in [1.29, 1.82) is 0 Å². The van der Waals surface area contributed by atoms with Crippen LogP contribution in [0.1, 0.15) is 5.69 Å². The number of piperazine rings is 1. The molecule has 0 unspecified atom stereocenters. The minimum atomic E-state index is 0. The topological polar surface area (TPSA) is 41.3 Å². The number of thiazole rings is 1. The molecule has 0 amide bonds. The first-order valence-corrected chi connectivity index (χ1v) is 6.71. The highest BCUT2D eigenvalue weighted by Crippen LogP contribution is 2.24. The van der Waals surface area contributed by atoms with E-state index < -0.39 is 0 Å². The van der Waals surface area contributed by atoms with Gasteiger partial charge in [-0.15, -0.1) is 48.6 Å². The fourth-order valence-electron chi connectivity index (χ4n) is 1.99. The van der Waals surface area contributed by atoms with Gasteiger partial charge in [0, 0.05) is 38.1 Å². The molecule has 20 heavy (non-hydrogen) atoms. The number of halogens is 3. The van der Waals surface area contributed by atoms with Crippen molar-refractivity contribution in [2.45, 2.75) is 6.54 Å². The highest BCUT2D eigenvalue weighted by Gasteiger charge is 2.13. The van der Waals surface area contributed by atoms with E-state index in [2.05, 4.69) is 20.6 Å². The maximum absolute atomic E-state index is 5.35. The molecule has 0 bridgehead atoms. The zero-order valence-electron chi connectivity index (χ0n) is 10.8. The van der Waals surface area contributed by atoms with Gasteiger partial charge in [0.05, 0.1) is 12.0 Å². The summed E-state index contributed by atoms with van der Waals surface area (Å²) in [5.41, 5.74) is 1.14. The quantitative estimate of drug-likeness (QED) is 0.915. The minimum absolute atomic E-state index is 0. The summed E-state index contributed by atoms with van der Waals surface area (Å²) >= 11 is 1.65. The maximum Gasteiger partial charge on any atom is 0.162 e. The highest BCUT2D eigenvalue weighted by molar-refractivity contribution is 7.13. The third kappa shape index (κ3) is 4.91. The maximum atomic E-state index is 5.35. The van der Waals surface area contributed by atoms with Gasteiger partial charge in [0.15, 0.2) is 10.8 Å². The van der Waals surface area contributed by atoms with Gasteiger partial charge in [0.2, 0.25) is 0 Å². The Kier molecular flexibility index (Phi) is 9.46. The van der Waals surface area contributed by atoms with E-state index in [9.17, 15) is 0 Å². The summed E-state index contributed by atoms with van der Waals surface area (Å²) < 4.78 is 5.35. The van der Waals surface area contributed by atoms with Crippen LogP contribution < -0.4 is 5.32 Å². The van der Waals surface area contributed by atoms with Gasteiger partial charge in [-0.25, -0.2) is 4.98 Å². The van der Waals surface area contributed by atoms with Gasteiger partial charge in [-0.3, -0.25) is 4.90 Å². The normalized spacial score (nSPS) is 14.8. The lowest BCUT2D eigenvalue weighted by Gasteiger charge is -2.26. The van der Waals surface area contributed by atoms with E-state index in [0.29, 0.717) is 0 Å². The summed E-state index contributed by atoms with van der Waals surface area (Å²) in [7, 11) is 0. The zero-order chi connectivity index (χ0) is 11.5. The van der Waals surface area contributed by atoms with Crippen LogP contribution in [0.15, 0.2) is 28.2 Å². The molecular formula is C12H18Cl3N3OS. The lowest BCUT2D eigenvalue weighted by atomic mass is 10.3. The summed E-state index contributed by atoms with van der Waals surface area (Å²) in [5, 5.41) is 6.45. The molecule has 1 aliphatic heterocycles. The molecule has 0 aromatic carbocycles. The molecular weight excluding hydrogens is 341 g/mol. The Bertz CT molecular complexity index is 472. The van der Waals surface area contributed by atoms with Crippen LogP contribution in [0.5, 0.6) is 0 Å². The van der Waals surface area contributed by atoms with Gasteiger partial charge in [-0.05, 0) is 12.1 Å². The number of rotatable bonds is 3. The van der Waals surface area contributed by atoms with Gasteiger partial charge in [-0.1, -0.05) is 0 Å². The van der Waals surface area contributed by atoms with Crippen LogP contribution >= 0.6 is 48.6 Å². The standard InChI is InChI=1S/C12H15N3OS.3ClH/c1-2-11(16-7-1)12-14-10(9-17-12)8-15-5-3-13-4-6-15;;;/h1-2,7,9,13H,3-6,8H2;3*1H. The predicted octanol–water partition coefficient (Wildman–Crippen LogP) is 3.07. The Morgan fingerprint density at radius 3 is 2.65 bits per heavy atom. The molecule has 0 spiro atoms. The molecule has 1 fully saturated rings. The molecule has 114 valence electrons. The lowest BCUT2D eigenvalue weighted by Crippen LogP contribution is -2.42. The number of hydrogen-bond acceptors (Lipinski definition) is 5. The van der Waals surface area contributed by atoms with E-state index in [1.54, 1.807) is 17.6 Å². The Labute approximate surface area is 141 Å². The summed E-state index contributed by atoms with van der Waals surface area (Å²) in [6, 6.07) is 3.85.